The minimum atomic E-state index is -1.000. The number of carboxylic acids is 1. The van der Waals surface area contributed by atoms with Crippen LogP contribution in [-0.4, -0.2) is 21.3 Å². The number of hydrogen-bond acceptors (Lipinski definition) is 4. The molecule has 0 saturated carbocycles. The molecule has 3 aromatic rings. The fourth-order valence-electron chi connectivity index (χ4n) is 2.97. The van der Waals surface area contributed by atoms with Gasteiger partial charge < -0.3 is 20.6 Å². The number of rotatable bonds is 7. The van der Waals surface area contributed by atoms with Crippen molar-refractivity contribution in [2.45, 2.75) is 18.6 Å². The lowest BCUT2D eigenvalue weighted by atomic mass is 9.96. The van der Waals surface area contributed by atoms with Crippen molar-refractivity contribution in [2.75, 3.05) is 5.32 Å². The Balaban J connectivity index is 1.87. The second-order valence-electron chi connectivity index (χ2n) is 6.60. The van der Waals surface area contributed by atoms with Gasteiger partial charge in [0.25, 0.3) is 0 Å². The minimum Gasteiger partial charge on any atom is -0.508 e. The van der Waals surface area contributed by atoms with Crippen molar-refractivity contribution in [3.8, 4) is 5.75 Å². The molecule has 2 unspecified atom stereocenters. The molecule has 29 heavy (non-hydrogen) atoms. The van der Waals surface area contributed by atoms with E-state index < -0.39 is 12.1 Å². The van der Waals surface area contributed by atoms with Crippen molar-refractivity contribution in [3.05, 3.63) is 93.5 Å². The largest absolute Gasteiger partial charge is 0.508 e. The van der Waals surface area contributed by atoms with Crippen molar-refractivity contribution in [2.24, 2.45) is 0 Å². The zero-order chi connectivity index (χ0) is 21.0. The summed E-state index contributed by atoms with van der Waals surface area (Å²) in [6.07, 6.45) is -0.496. The number of nitrogens with one attached hydrogen (secondary N) is 1. The molecule has 0 aliphatic carbocycles. The Morgan fingerprint density at radius 1 is 0.897 bits per heavy atom. The molecule has 4 N–H and O–H groups in total. The molecule has 7 heteroatoms. The standard InChI is InChI=1S/C22H19Cl2NO4/c23-18-10-5-15(11-19(18)24)20(12-21(27)13-3-8-17(26)9-4-13)25-16-6-1-14(2-7-16)22(28)29/h1-11,20-21,25-27H,12H2,(H,28,29). The van der Waals surface area contributed by atoms with Gasteiger partial charge in [0, 0.05) is 12.1 Å². The second-order valence-corrected chi connectivity index (χ2v) is 7.41. The molecule has 150 valence electrons. The van der Waals surface area contributed by atoms with Gasteiger partial charge in [-0.05, 0) is 59.7 Å². The summed E-state index contributed by atoms with van der Waals surface area (Å²) >= 11 is 12.2. The van der Waals surface area contributed by atoms with Gasteiger partial charge >= 0.3 is 5.97 Å². The Labute approximate surface area is 178 Å². The predicted molar refractivity (Wildman–Crippen MR) is 114 cm³/mol. The molecule has 0 aliphatic heterocycles. The molecule has 2 atom stereocenters. The first-order valence-electron chi connectivity index (χ1n) is 8.85. The van der Waals surface area contributed by atoms with E-state index in [0.717, 1.165) is 5.56 Å². The minimum absolute atomic E-state index is 0.124. The van der Waals surface area contributed by atoms with Crippen molar-refractivity contribution >= 4 is 34.9 Å². The summed E-state index contributed by atoms with van der Waals surface area (Å²) in [5.41, 5.74) is 2.37. The number of hydrogen-bond donors (Lipinski definition) is 4. The van der Waals surface area contributed by atoms with Crippen LogP contribution >= 0.6 is 23.2 Å². The van der Waals surface area contributed by atoms with E-state index in [0.29, 0.717) is 27.7 Å². The SMILES string of the molecule is O=C(O)c1ccc(NC(CC(O)c2ccc(O)cc2)c2ccc(Cl)c(Cl)c2)cc1. The molecule has 0 heterocycles. The topological polar surface area (TPSA) is 89.8 Å². The Bertz CT molecular complexity index is 991. The highest BCUT2D eigenvalue weighted by atomic mass is 35.5. The molecule has 0 amide bonds. The third-order valence-corrected chi connectivity index (χ3v) is 5.29. The van der Waals surface area contributed by atoms with E-state index in [2.05, 4.69) is 5.32 Å². The van der Waals surface area contributed by atoms with E-state index >= 15 is 0 Å². The molecule has 0 spiro atoms. The van der Waals surface area contributed by atoms with Crippen molar-refractivity contribution < 1.29 is 20.1 Å². The average Bonchev–Trinajstić information content (AvgIpc) is 2.70. The molecule has 0 saturated heterocycles. The molecule has 0 aromatic heterocycles. The van der Waals surface area contributed by atoms with Crippen molar-refractivity contribution in [1.82, 2.24) is 0 Å². The average molecular weight is 432 g/mol. The molecule has 0 bridgehead atoms. The number of aromatic hydroxyl groups is 1. The van der Waals surface area contributed by atoms with E-state index in [1.54, 1.807) is 36.4 Å². The molecule has 0 radical (unpaired) electrons. The molecule has 0 aliphatic rings. The van der Waals surface area contributed by atoms with Crippen LogP contribution in [-0.2, 0) is 0 Å². The third kappa shape index (κ3) is 5.41. The highest BCUT2D eigenvalue weighted by Crippen LogP contribution is 2.33. The number of aliphatic hydroxyl groups excluding tert-OH is 1. The molecule has 3 rings (SSSR count). The van der Waals surface area contributed by atoms with E-state index in [-0.39, 0.29) is 17.4 Å². The Kier molecular flexibility index (Phi) is 6.64. The van der Waals surface area contributed by atoms with Gasteiger partial charge in [-0.1, -0.05) is 41.4 Å². The first-order valence-corrected chi connectivity index (χ1v) is 9.61. The third-order valence-electron chi connectivity index (χ3n) is 4.56. The second kappa shape index (κ2) is 9.18. The van der Waals surface area contributed by atoms with E-state index in [1.807, 2.05) is 6.07 Å². The fraction of sp³-hybridized carbons (Fsp3) is 0.136. The Morgan fingerprint density at radius 3 is 2.10 bits per heavy atom. The monoisotopic (exact) mass is 431 g/mol. The summed E-state index contributed by atoms with van der Waals surface area (Å²) in [5.74, 6) is -0.876. The number of phenolic OH excluding ortho intramolecular Hbond substituents is 1. The lowest BCUT2D eigenvalue weighted by Crippen LogP contribution is -2.15. The maximum atomic E-state index is 11.1. The van der Waals surface area contributed by atoms with Gasteiger partial charge in [-0.25, -0.2) is 4.79 Å². The smallest absolute Gasteiger partial charge is 0.335 e. The van der Waals surface area contributed by atoms with Crippen molar-refractivity contribution in [1.29, 1.82) is 0 Å². The van der Waals surface area contributed by atoms with E-state index in [1.165, 1.54) is 24.3 Å². The van der Waals surface area contributed by atoms with E-state index in [4.69, 9.17) is 28.3 Å². The number of carboxylic acid groups (broad SMARTS) is 1. The zero-order valence-corrected chi connectivity index (χ0v) is 16.7. The van der Waals surface area contributed by atoms with Crippen LogP contribution < -0.4 is 5.32 Å². The van der Waals surface area contributed by atoms with Crippen LogP contribution in [0, 0.1) is 0 Å². The number of benzene rings is 3. The summed E-state index contributed by atoms with van der Waals surface area (Å²) in [4.78, 5) is 11.1. The summed E-state index contributed by atoms with van der Waals surface area (Å²) in [5, 5.41) is 33.4. The molecule has 3 aromatic carbocycles. The molecular formula is C22H19Cl2NO4. The van der Waals surface area contributed by atoms with Gasteiger partial charge in [0.05, 0.1) is 27.8 Å². The number of phenols is 1. The van der Waals surface area contributed by atoms with Crippen molar-refractivity contribution in [3.63, 3.8) is 0 Å². The normalized spacial score (nSPS) is 12.9. The van der Waals surface area contributed by atoms with Gasteiger partial charge in [-0.15, -0.1) is 0 Å². The van der Waals surface area contributed by atoms with Gasteiger partial charge in [0.2, 0.25) is 0 Å². The Morgan fingerprint density at radius 2 is 1.52 bits per heavy atom. The maximum Gasteiger partial charge on any atom is 0.335 e. The Hall–Kier alpha value is -2.73. The summed E-state index contributed by atoms with van der Waals surface area (Å²) in [7, 11) is 0. The number of aliphatic hydroxyl groups is 1. The predicted octanol–water partition coefficient (Wildman–Crippen LogP) is 5.67. The summed E-state index contributed by atoms with van der Waals surface area (Å²) in [6, 6.07) is 17.6. The fourth-order valence-corrected chi connectivity index (χ4v) is 3.28. The van der Waals surface area contributed by atoms with Crippen LogP contribution in [0.4, 0.5) is 5.69 Å². The number of carbonyl (C=O) groups is 1. The summed E-state index contributed by atoms with van der Waals surface area (Å²) in [6.45, 7) is 0. The van der Waals surface area contributed by atoms with Gasteiger partial charge in [0.15, 0.2) is 0 Å². The molecule has 5 nitrogen and oxygen atoms in total. The highest BCUT2D eigenvalue weighted by Gasteiger charge is 2.19. The van der Waals surface area contributed by atoms with Crippen LogP contribution in [0.25, 0.3) is 0 Å². The highest BCUT2D eigenvalue weighted by molar-refractivity contribution is 6.42. The number of anilines is 1. The lowest BCUT2D eigenvalue weighted by Gasteiger charge is -2.24. The van der Waals surface area contributed by atoms with Gasteiger partial charge in [-0.2, -0.15) is 0 Å². The van der Waals surface area contributed by atoms with Crippen LogP contribution in [0.5, 0.6) is 5.75 Å². The lowest BCUT2D eigenvalue weighted by molar-refractivity contribution is 0.0697. The molecular weight excluding hydrogens is 413 g/mol. The first kappa shape index (κ1) is 21.0. The van der Waals surface area contributed by atoms with Crippen LogP contribution in [0.3, 0.4) is 0 Å². The van der Waals surface area contributed by atoms with Crippen LogP contribution in [0.15, 0.2) is 66.7 Å². The van der Waals surface area contributed by atoms with Crippen LogP contribution in [0.2, 0.25) is 10.0 Å². The quantitative estimate of drug-likeness (QED) is 0.386. The molecule has 0 fully saturated rings. The van der Waals surface area contributed by atoms with Gasteiger partial charge in [0.1, 0.15) is 5.75 Å². The van der Waals surface area contributed by atoms with E-state index in [9.17, 15) is 15.0 Å². The zero-order valence-electron chi connectivity index (χ0n) is 15.2. The van der Waals surface area contributed by atoms with Crippen LogP contribution in [0.1, 0.15) is 40.1 Å². The summed E-state index contributed by atoms with van der Waals surface area (Å²) < 4.78 is 0. The number of halogens is 2. The number of aromatic carboxylic acids is 1. The maximum absolute atomic E-state index is 11.1. The first-order chi connectivity index (χ1) is 13.8. The van der Waals surface area contributed by atoms with Gasteiger partial charge in [-0.3, -0.25) is 0 Å².